The van der Waals surface area contributed by atoms with Gasteiger partial charge in [-0.25, -0.2) is 0 Å². The van der Waals surface area contributed by atoms with E-state index in [0.29, 0.717) is 24.8 Å². The number of carbonyl (C=O) groups excluding carboxylic acids is 1. The van der Waals surface area contributed by atoms with Crippen molar-refractivity contribution >= 4 is 23.1 Å². The summed E-state index contributed by atoms with van der Waals surface area (Å²) < 4.78 is 3.68. The Morgan fingerprint density at radius 2 is 2.04 bits per heavy atom. The van der Waals surface area contributed by atoms with Crippen LogP contribution in [0.5, 0.6) is 0 Å². The smallest absolute Gasteiger partial charge is 0.273 e. The summed E-state index contributed by atoms with van der Waals surface area (Å²) in [5.41, 5.74) is 2.61. The number of amides is 1. The second-order valence-corrected chi connectivity index (χ2v) is 6.36. The number of nitrogens with one attached hydrogen (secondary N) is 1. The molecule has 0 bridgehead atoms. The predicted molar refractivity (Wildman–Crippen MR) is 89.5 cm³/mol. The van der Waals surface area contributed by atoms with Crippen molar-refractivity contribution in [3.05, 3.63) is 40.9 Å². The fourth-order valence-corrected chi connectivity index (χ4v) is 3.17. The van der Waals surface area contributed by atoms with Crippen molar-refractivity contribution in [2.24, 2.45) is 5.92 Å². The number of nitrogens with zero attached hydrogens (tertiary/aromatic N) is 3. The maximum atomic E-state index is 11.8. The summed E-state index contributed by atoms with van der Waals surface area (Å²) in [6.45, 7) is 2.74. The Morgan fingerprint density at radius 3 is 2.65 bits per heavy atom. The number of carbonyl (C=O) groups is 1. The fourth-order valence-electron chi connectivity index (χ4n) is 2.73. The maximum Gasteiger partial charge on any atom is 0.273 e. The minimum absolute atomic E-state index is 0.200. The highest BCUT2D eigenvalue weighted by molar-refractivity contribution is 7.03. The van der Waals surface area contributed by atoms with Crippen molar-refractivity contribution in [1.29, 1.82) is 0 Å². The zero-order valence-corrected chi connectivity index (χ0v) is 13.6. The van der Waals surface area contributed by atoms with E-state index >= 15 is 0 Å². The Balaban J connectivity index is 1.52. The molecule has 2 N–H and O–H groups in total. The molecule has 1 aromatic carbocycles. The first-order valence-corrected chi connectivity index (χ1v) is 8.60. The van der Waals surface area contributed by atoms with Gasteiger partial charge in [0.25, 0.3) is 5.91 Å². The van der Waals surface area contributed by atoms with Gasteiger partial charge in [-0.05, 0) is 48.0 Å². The highest BCUT2D eigenvalue weighted by atomic mass is 32.1. The minimum Gasteiger partial charge on any atom is -0.396 e. The molecule has 6 nitrogen and oxygen atoms in total. The van der Waals surface area contributed by atoms with Gasteiger partial charge in [0.1, 0.15) is 0 Å². The molecule has 1 aliphatic rings. The van der Waals surface area contributed by atoms with Crippen molar-refractivity contribution in [3.8, 4) is 0 Å². The van der Waals surface area contributed by atoms with Crippen LogP contribution in [0.25, 0.3) is 0 Å². The molecule has 1 saturated heterocycles. The second kappa shape index (κ2) is 7.52. The Kier molecular flexibility index (Phi) is 5.19. The lowest BCUT2D eigenvalue weighted by Gasteiger charge is -2.33. The molecule has 2 aromatic rings. The molecule has 122 valence electrons. The molecule has 0 radical (unpaired) electrons. The molecule has 7 heteroatoms. The number of rotatable bonds is 5. The van der Waals surface area contributed by atoms with Crippen LogP contribution in [0.3, 0.4) is 0 Å². The van der Waals surface area contributed by atoms with E-state index in [1.165, 1.54) is 17.2 Å². The topological polar surface area (TPSA) is 78.4 Å². The molecule has 2 heterocycles. The minimum atomic E-state index is -0.200. The molecule has 0 saturated carbocycles. The van der Waals surface area contributed by atoms with Crippen LogP contribution in [-0.4, -0.2) is 40.3 Å². The van der Waals surface area contributed by atoms with Gasteiger partial charge in [-0.2, -0.15) is 0 Å². The van der Waals surface area contributed by atoms with E-state index in [2.05, 4.69) is 31.9 Å². The fraction of sp³-hybridized carbons (Fsp3) is 0.438. The molecule has 0 spiro atoms. The zero-order valence-electron chi connectivity index (χ0n) is 12.8. The summed E-state index contributed by atoms with van der Waals surface area (Å²) in [7, 11) is 0. The van der Waals surface area contributed by atoms with Crippen LogP contribution in [0.2, 0.25) is 0 Å². The van der Waals surface area contributed by atoms with Gasteiger partial charge in [0, 0.05) is 37.3 Å². The Bertz CT molecular complexity index is 622. The zero-order chi connectivity index (χ0) is 16.1. The lowest BCUT2D eigenvalue weighted by molar-refractivity contribution is 0.0946. The van der Waals surface area contributed by atoms with Crippen LogP contribution in [0.4, 0.5) is 5.69 Å². The normalized spacial score (nSPS) is 15.6. The van der Waals surface area contributed by atoms with Gasteiger partial charge in [0.05, 0.1) is 0 Å². The molecule has 1 aliphatic heterocycles. The summed E-state index contributed by atoms with van der Waals surface area (Å²) in [5, 5.41) is 17.4. The highest BCUT2D eigenvalue weighted by Gasteiger charge is 2.18. The van der Waals surface area contributed by atoms with E-state index in [-0.39, 0.29) is 5.91 Å². The lowest BCUT2D eigenvalue weighted by Crippen LogP contribution is -2.34. The van der Waals surface area contributed by atoms with Crippen LogP contribution in [0, 0.1) is 5.92 Å². The van der Waals surface area contributed by atoms with Crippen molar-refractivity contribution in [2.75, 3.05) is 24.6 Å². The molecule has 3 rings (SSSR count). The Morgan fingerprint density at radius 1 is 1.30 bits per heavy atom. The third-order valence-corrected chi connectivity index (χ3v) is 4.72. The molecule has 1 amide bonds. The van der Waals surface area contributed by atoms with Gasteiger partial charge >= 0.3 is 0 Å². The maximum absolute atomic E-state index is 11.8. The quantitative estimate of drug-likeness (QED) is 0.871. The van der Waals surface area contributed by atoms with Gasteiger partial charge in [-0.1, -0.05) is 16.6 Å². The van der Waals surface area contributed by atoms with Crippen molar-refractivity contribution < 1.29 is 9.90 Å². The number of anilines is 1. The molecular formula is C16H20N4O2S. The van der Waals surface area contributed by atoms with Crippen molar-refractivity contribution in [1.82, 2.24) is 14.9 Å². The Labute approximate surface area is 139 Å². The number of piperidine rings is 1. The summed E-state index contributed by atoms with van der Waals surface area (Å²) in [6.07, 6.45) is 2.08. The summed E-state index contributed by atoms with van der Waals surface area (Å²) >= 11 is 1.17. The van der Waals surface area contributed by atoms with Gasteiger partial charge in [0.2, 0.25) is 0 Å². The van der Waals surface area contributed by atoms with Crippen LogP contribution < -0.4 is 10.2 Å². The van der Waals surface area contributed by atoms with E-state index in [0.717, 1.165) is 31.5 Å². The molecule has 1 fully saturated rings. The Hall–Kier alpha value is -1.99. The third kappa shape index (κ3) is 4.05. The van der Waals surface area contributed by atoms with Gasteiger partial charge in [-0.3, -0.25) is 4.79 Å². The van der Waals surface area contributed by atoms with Crippen molar-refractivity contribution in [2.45, 2.75) is 19.4 Å². The molecule has 23 heavy (non-hydrogen) atoms. The predicted octanol–water partition coefficient (Wildman–Crippen LogP) is 1.68. The van der Waals surface area contributed by atoms with Crippen LogP contribution in [-0.2, 0) is 6.54 Å². The molecule has 1 aromatic heterocycles. The number of aliphatic hydroxyl groups is 1. The van der Waals surface area contributed by atoms with Crippen LogP contribution in [0.15, 0.2) is 29.6 Å². The summed E-state index contributed by atoms with van der Waals surface area (Å²) in [4.78, 5) is 14.2. The summed E-state index contributed by atoms with van der Waals surface area (Å²) in [5.74, 6) is 0.245. The third-order valence-electron chi connectivity index (χ3n) is 4.22. The van der Waals surface area contributed by atoms with E-state index in [1.807, 2.05) is 12.1 Å². The van der Waals surface area contributed by atoms with Gasteiger partial charge in [-0.15, -0.1) is 5.10 Å². The first-order chi connectivity index (χ1) is 11.3. The number of aliphatic hydroxyl groups excluding tert-OH is 1. The average molecular weight is 332 g/mol. The largest absolute Gasteiger partial charge is 0.396 e. The monoisotopic (exact) mass is 332 g/mol. The molecular weight excluding hydrogens is 312 g/mol. The number of aromatic nitrogens is 2. The standard InChI is InChI=1S/C16H20N4O2S/c21-10-13-5-7-20(8-6-13)14-3-1-12(2-4-14)9-17-16(22)15-11-23-19-18-15/h1-4,11,13,21H,5-10H2,(H,17,22). The molecule has 0 atom stereocenters. The SMILES string of the molecule is O=C(NCc1ccc(N2CCC(CO)CC2)cc1)c1csnn1. The van der Waals surface area contributed by atoms with Crippen LogP contribution in [0.1, 0.15) is 28.9 Å². The summed E-state index contributed by atoms with van der Waals surface area (Å²) in [6, 6.07) is 8.25. The first-order valence-electron chi connectivity index (χ1n) is 7.76. The number of benzene rings is 1. The van der Waals surface area contributed by atoms with Gasteiger partial charge in [0.15, 0.2) is 5.69 Å². The number of hydrogen-bond acceptors (Lipinski definition) is 6. The lowest BCUT2D eigenvalue weighted by atomic mass is 9.97. The van der Waals surface area contributed by atoms with E-state index in [9.17, 15) is 9.90 Å². The molecule has 0 aliphatic carbocycles. The molecule has 0 unspecified atom stereocenters. The van der Waals surface area contributed by atoms with E-state index in [4.69, 9.17) is 0 Å². The second-order valence-electron chi connectivity index (χ2n) is 5.75. The highest BCUT2D eigenvalue weighted by Crippen LogP contribution is 2.23. The van der Waals surface area contributed by atoms with E-state index in [1.54, 1.807) is 5.38 Å². The van der Waals surface area contributed by atoms with Gasteiger partial charge < -0.3 is 15.3 Å². The van der Waals surface area contributed by atoms with E-state index < -0.39 is 0 Å². The average Bonchev–Trinajstić information content (AvgIpc) is 3.15. The first kappa shape index (κ1) is 15.9. The van der Waals surface area contributed by atoms with Crippen LogP contribution >= 0.6 is 11.5 Å². The van der Waals surface area contributed by atoms with Crippen molar-refractivity contribution in [3.63, 3.8) is 0 Å². The number of hydrogen-bond donors (Lipinski definition) is 2.